The van der Waals surface area contributed by atoms with Crippen molar-refractivity contribution in [2.24, 2.45) is 0 Å². The molecule has 0 aliphatic heterocycles. The fraction of sp³-hybridized carbons (Fsp3) is 0.849. The quantitative estimate of drug-likeness (QED) is 0.0145. The Morgan fingerprint density at radius 3 is 1.25 bits per heavy atom. The topological polar surface area (TPSA) is 210 Å². The second-order valence-corrected chi connectivity index (χ2v) is 20.1. The van der Waals surface area contributed by atoms with Crippen LogP contribution in [0.15, 0.2) is 36.5 Å². The highest BCUT2D eigenvalue weighted by atomic mass is 31.2. The molecule has 0 saturated heterocycles. The van der Waals surface area contributed by atoms with E-state index in [2.05, 4.69) is 50.3 Å². The third kappa shape index (κ3) is 34.9. The van der Waals surface area contributed by atoms with E-state index < -0.39 is 75.7 Å². The van der Waals surface area contributed by atoms with Crippen molar-refractivity contribution in [3.63, 3.8) is 0 Å². The number of rotatable bonds is 45. The maximum atomic E-state index is 12.9. The van der Waals surface area contributed by atoms with Crippen LogP contribution in [0.5, 0.6) is 0 Å². The second-order valence-electron chi connectivity index (χ2n) is 18.7. The van der Waals surface area contributed by atoms with E-state index >= 15 is 0 Å². The van der Waals surface area contributed by atoms with Gasteiger partial charge in [0.15, 0.2) is 6.10 Å². The van der Waals surface area contributed by atoms with Crippen LogP contribution in [0.4, 0.5) is 0 Å². The zero-order chi connectivity index (χ0) is 49.2. The Balaban J connectivity index is 2.38. The number of carbonyl (C=O) groups is 2. The van der Waals surface area contributed by atoms with Gasteiger partial charge in [-0.3, -0.25) is 18.6 Å². The minimum Gasteiger partial charge on any atom is -0.462 e. The largest absolute Gasteiger partial charge is 0.472 e. The van der Waals surface area contributed by atoms with E-state index in [1.807, 2.05) is 0 Å². The summed E-state index contributed by atoms with van der Waals surface area (Å²) in [5, 5.41) is 50.3. The molecule has 1 aliphatic rings. The first kappa shape index (κ1) is 63.1. The molecule has 13 nitrogen and oxygen atoms in total. The maximum Gasteiger partial charge on any atom is 0.472 e. The van der Waals surface area contributed by atoms with Gasteiger partial charge in [-0.15, -0.1) is 0 Å². The summed E-state index contributed by atoms with van der Waals surface area (Å²) in [5.74, 6) is -1.10. The fourth-order valence-corrected chi connectivity index (χ4v) is 9.15. The van der Waals surface area contributed by atoms with Crippen LogP contribution in [0.25, 0.3) is 0 Å². The van der Waals surface area contributed by atoms with Gasteiger partial charge in [-0.1, -0.05) is 204 Å². The molecule has 1 saturated carbocycles. The van der Waals surface area contributed by atoms with E-state index in [1.54, 1.807) is 0 Å². The zero-order valence-electron chi connectivity index (χ0n) is 41.9. The van der Waals surface area contributed by atoms with Gasteiger partial charge in [0.05, 0.1) is 6.61 Å². The highest BCUT2D eigenvalue weighted by molar-refractivity contribution is 7.47. The number of allylic oxidation sites excluding steroid dienone is 6. The summed E-state index contributed by atoms with van der Waals surface area (Å²) in [4.78, 5) is 35.9. The highest BCUT2D eigenvalue weighted by Gasteiger charge is 2.51. The van der Waals surface area contributed by atoms with Gasteiger partial charge in [-0.2, -0.15) is 0 Å². The van der Waals surface area contributed by atoms with Crippen LogP contribution < -0.4 is 0 Å². The summed E-state index contributed by atoms with van der Waals surface area (Å²) >= 11 is 0. The summed E-state index contributed by atoms with van der Waals surface area (Å²) in [6.45, 7) is 3.30. The summed E-state index contributed by atoms with van der Waals surface area (Å²) in [7, 11) is -5.13. The average molecular weight is 973 g/mol. The standard InChI is InChI=1S/C53H97O13P/c1-3-5-7-9-11-13-15-17-19-21-23-25-27-29-31-33-35-37-39-41-46(54)63-43-45(44-64-67(61,62)66-53-51(59)49(57)48(56)50(58)52(53)60)65-47(55)42-40-38-36-34-32-30-28-26-24-22-20-18-16-14-12-10-8-6-4-2/h12,14,18,20,24,26,45,48-53,56-60H,3-11,13,15-17,19,21-23,25,27-44H2,1-2H3,(H,61,62)/b14-12-,20-18-,26-24-. The minimum absolute atomic E-state index is 0.0839. The van der Waals surface area contributed by atoms with Crippen LogP contribution in [0.2, 0.25) is 0 Å². The Bertz CT molecular complexity index is 1310. The van der Waals surface area contributed by atoms with Crippen LogP contribution in [0, 0.1) is 0 Å². The molecule has 0 aromatic rings. The Kier molecular flexibility index (Phi) is 40.4. The first-order valence-electron chi connectivity index (χ1n) is 26.8. The molecule has 1 rings (SSSR count). The molecule has 0 bridgehead atoms. The first-order chi connectivity index (χ1) is 32.4. The number of phosphoric acid groups is 1. The molecule has 392 valence electrons. The van der Waals surface area contributed by atoms with Crippen molar-refractivity contribution in [2.45, 2.75) is 275 Å². The monoisotopic (exact) mass is 973 g/mol. The van der Waals surface area contributed by atoms with Crippen LogP contribution in [-0.2, 0) is 32.7 Å². The lowest BCUT2D eigenvalue weighted by atomic mass is 9.85. The van der Waals surface area contributed by atoms with Gasteiger partial charge in [0, 0.05) is 12.8 Å². The van der Waals surface area contributed by atoms with Gasteiger partial charge >= 0.3 is 19.8 Å². The summed E-state index contributed by atoms with van der Waals surface area (Å²) < 4.78 is 33.7. The lowest BCUT2D eigenvalue weighted by Crippen LogP contribution is -2.64. The first-order valence-corrected chi connectivity index (χ1v) is 28.3. The molecule has 1 aliphatic carbocycles. The van der Waals surface area contributed by atoms with Crippen LogP contribution in [0.3, 0.4) is 0 Å². The Labute approximate surface area is 406 Å². The third-order valence-corrected chi connectivity index (χ3v) is 13.5. The van der Waals surface area contributed by atoms with Gasteiger partial charge < -0.3 is 39.9 Å². The predicted molar refractivity (Wildman–Crippen MR) is 267 cm³/mol. The predicted octanol–water partition coefficient (Wildman–Crippen LogP) is 11.7. The van der Waals surface area contributed by atoms with E-state index in [4.69, 9.17) is 18.5 Å². The lowest BCUT2D eigenvalue weighted by molar-refractivity contribution is -0.220. The van der Waals surface area contributed by atoms with Gasteiger partial charge in [0.2, 0.25) is 0 Å². The molecule has 0 aromatic heterocycles. The molecule has 0 spiro atoms. The van der Waals surface area contributed by atoms with Crippen molar-refractivity contribution in [2.75, 3.05) is 13.2 Å². The minimum atomic E-state index is -5.13. The molecule has 0 aromatic carbocycles. The molecule has 1 fully saturated rings. The zero-order valence-corrected chi connectivity index (χ0v) is 42.8. The van der Waals surface area contributed by atoms with E-state index in [-0.39, 0.29) is 12.8 Å². The number of unbranched alkanes of at least 4 members (excludes halogenated alkanes) is 27. The van der Waals surface area contributed by atoms with Crippen molar-refractivity contribution in [3.05, 3.63) is 36.5 Å². The molecule has 14 heteroatoms. The fourth-order valence-electron chi connectivity index (χ4n) is 8.18. The summed E-state index contributed by atoms with van der Waals surface area (Å²) in [5.41, 5.74) is 0. The van der Waals surface area contributed by atoms with Gasteiger partial charge in [0.1, 0.15) is 43.2 Å². The normalized spacial score (nSPS) is 21.4. The van der Waals surface area contributed by atoms with E-state index in [9.17, 15) is 44.6 Å². The molecule has 6 unspecified atom stereocenters. The molecule has 0 amide bonds. The molecule has 0 heterocycles. The Hall–Kier alpha value is -1.93. The van der Waals surface area contributed by atoms with Crippen molar-refractivity contribution in [1.82, 2.24) is 0 Å². The Morgan fingerprint density at radius 2 is 0.806 bits per heavy atom. The molecular weight excluding hydrogens is 876 g/mol. The van der Waals surface area contributed by atoms with Gasteiger partial charge in [0.25, 0.3) is 0 Å². The van der Waals surface area contributed by atoms with E-state index in [1.165, 1.54) is 122 Å². The molecular formula is C53H97O13P. The second kappa shape index (κ2) is 42.9. The van der Waals surface area contributed by atoms with Crippen molar-refractivity contribution >= 4 is 19.8 Å². The van der Waals surface area contributed by atoms with Crippen molar-refractivity contribution in [1.29, 1.82) is 0 Å². The number of hydrogen-bond donors (Lipinski definition) is 6. The van der Waals surface area contributed by atoms with Gasteiger partial charge in [-0.05, 0) is 51.4 Å². The molecule has 0 radical (unpaired) electrons. The van der Waals surface area contributed by atoms with Crippen LogP contribution in [0.1, 0.15) is 232 Å². The molecule has 67 heavy (non-hydrogen) atoms. The Morgan fingerprint density at radius 1 is 0.463 bits per heavy atom. The van der Waals surface area contributed by atoms with E-state index in [0.717, 1.165) is 70.6 Å². The van der Waals surface area contributed by atoms with Crippen molar-refractivity contribution in [3.8, 4) is 0 Å². The number of ether oxygens (including phenoxy) is 2. The highest BCUT2D eigenvalue weighted by Crippen LogP contribution is 2.47. The van der Waals surface area contributed by atoms with Gasteiger partial charge in [-0.25, -0.2) is 4.57 Å². The number of carbonyl (C=O) groups excluding carboxylic acids is 2. The summed E-state index contributed by atoms with van der Waals surface area (Å²) in [6.07, 6.45) is 37.5. The maximum absolute atomic E-state index is 12.9. The van der Waals surface area contributed by atoms with E-state index in [0.29, 0.717) is 12.8 Å². The number of esters is 2. The van der Waals surface area contributed by atoms with Crippen molar-refractivity contribution < 1.29 is 63.1 Å². The number of aliphatic hydroxyl groups excluding tert-OH is 5. The van der Waals surface area contributed by atoms with Crippen LogP contribution in [-0.4, -0.2) is 98.3 Å². The third-order valence-electron chi connectivity index (χ3n) is 12.5. The van der Waals surface area contributed by atoms with Crippen LogP contribution >= 0.6 is 7.82 Å². The molecule has 6 N–H and O–H groups in total. The summed E-state index contributed by atoms with van der Waals surface area (Å²) in [6, 6.07) is 0. The number of hydrogen-bond acceptors (Lipinski definition) is 12. The molecule has 6 atom stereocenters. The SMILES string of the molecule is CCCCC/C=C\C/C=C\C/C=C\CCCCCCCCC(=O)OC(COC(=O)CCCCCCCCCCCCCCCCCCCCC)COP(=O)(O)OC1C(O)C(O)C(O)C(O)C1O. The lowest BCUT2D eigenvalue weighted by Gasteiger charge is -2.41. The smallest absolute Gasteiger partial charge is 0.462 e. The average Bonchev–Trinajstić information content (AvgIpc) is 3.31. The number of aliphatic hydroxyl groups is 5. The number of phosphoric ester groups is 1.